The maximum absolute atomic E-state index is 12.1. The Labute approximate surface area is 143 Å². The molecule has 0 saturated carbocycles. The van der Waals surface area contributed by atoms with Gasteiger partial charge in [-0.15, -0.1) is 0 Å². The molecular weight excluding hydrogens is 302 g/mol. The van der Waals surface area contributed by atoms with Crippen molar-refractivity contribution in [1.82, 2.24) is 5.32 Å². The van der Waals surface area contributed by atoms with Crippen molar-refractivity contribution in [2.24, 2.45) is 0 Å². The molecule has 2 aromatic rings. The van der Waals surface area contributed by atoms with Crippen LogP contribution in [0.3, 0.4) is 0 Å². The van der Waals surface area contributed by atoms with Crippen LogP contribution in [0.5, 0.6) is 11.5 Å². The molecule has 1 amide bonds. The van der Waals surface area contributed by atoms with E-state index in [2.05, 4.69) is 5.32 Å². The largest absolute Gasteiger partial charge is 0.493 e. The molecule has 1 atom stereocenters. The highest BCUT2D eigenvalue weighted by Gasteiger charge is 2.11. The number of carbonyl (C=O) groups excluding carboxylic acids is 1. The molecule has 1 N–H and O–H groups in total. The van der Waals surface area contributed by atoms with Crippen molar-refractivity contribution in [3.05, 3.63) is 65.7 Å². The van der Waals surface area contributed by atoms with Gasteiger partial charge in [-0.2, -0.15) is 0 Å². The molecular formula is C20H23NO3. The number of ether oxygens (including phenoxy) is 2. The first-order valence-corrected chi connectivity index (χ1v) is 7.92. The summed E-state index contributed by atoms with van der Waals surface area (Å²) >= 11 is 0. The van der Waals surface area contributed by atoms with E-state index in [0.29, 0.717) is 11.5 Å². The molecule has 2 aromatic carbocycles. The first-order chi connectivity index (χ1) is 11.6. The van der Waals surface area contributed by atoms with Crippen molar-refractivity contribution >= 4 is 12.0 Å². The van der Waals surface area contributed by atoms with Gasteiger partial charge in [-0.1, -0.05) is 48.6 Å². The number of hydrogen-bond acceptors (Lipinski definition) is 3. The van der Waals surface area contributed by atoms with Crippen molar-refractivity contribution in [3.8, 4) is 11.5 Å². The molecule has 0 saturated heterocycles. The van der Waals surface area contributed by atoms with Crippen LogP contribution in [0.2, 0.25) is 0 Å². The molecule has 0 aliphatic carbocycles. The van der Waals surface area contributed by atoms with Gasteiger partial charge in [-0.3, -0.25) is 4.79 Å². The van der Waals surface area contributed by atoms with E-state index in [1.807, 2.05) is 74.5 Å². The lowest BCUT2D eigenvalue weighted by molar-refractivity contribution is -0.123. The van der Waals surface area contributed by atoms with E-state index in [9.17, 15) is 4.79 Å². The van der Waals surface area contributed by atoms with Gasteiger partial charge in [0.15, 0.2) is 18.1 Å². The molecule has 0 heterocycles. The van der Waals surface area contributed by atoms with Crippen LogP contribution in [-0.2, 0) is 4.79 Å². The highest BCUT2D eigenvalue weighted by atomic mass is 16.5. The molecule has 24 heavy (non-hydrogen) atoms. The fraction of sp³-hybridized carbons (Fsp3) is 0.250. The predicted molar refractivity (Wildman–Crippen MR) is 96.2 cm³/mol. The third-order valence-electron chi connectivity index (χ3n) is 3.58. The molecule has 0 aliphatic rings. The van der Waals surface area contributed by atoms with Gasteiger partial charge in [0, 0.05) is 0 Å². The molecule has 0 aliphatic heterocycles. The van der Waals surface area contributed by atoms with E-state index in [4.69, 9.17) is 9.47 Å². The van der Waals surface area contributed by atoms with Gasteiger partial charge < -0.3 is 14.8 Å². The number of rotatable bonds is 7. The first kappa shape index (κ1) is 17.6. The smallest absolute Gasteiger partial charge is 0.258 e. The Kier molecular flexibility index (Phi) is 6.43. The minimum absolute atomic E-state index is 0.0590. The van der Waals surface area contributed by atoms with Crippen molar-refractivity contribution < 1.29 is 14.3 Å². The number of benzene rings is 2. The predicted octanol–water partition coefficient (Wildman–Crippen LogP) is 3.98. The van der Waals surface area contributed by atoms with E-state index < -0.39 is 0 Å². The second kappa shape index (κ2) is 8.77. The van der Waals surface area contributed by atoms with Gasteiger partial charge in [0.05, 0.1) is 13.2 Å². The fourth-order valence-corrected chi connectivity index (χ4v) is 2.35. The Bertz CT molecular complexity index is 695. The summed E-state index contributed by atoms with van der Waals surface area (Å²) in [7, 11) is 1.58. The monoisotopic (exact) mass is 325 g/mol. The number of hydrogen-bond donors (Lipinski definition) is 1. The zero-order valence-corrected chi connectivity index (χ0v) is 14.3. The van der Waals surface area contributed by atoms with Crippen LogP contribution < -0.4 is 14.8 Å². The lowest BCUT2D eigenvalue weighted by Gasteiger charge is -2.15. The van der Waals surface area contributed by atoms with E-state index in [-0.39, 0.29) is 18.6 Å². The normalized spacial score (nSPS) is 12.0. The van der Waals surface area contributed by atoms with Crippen LogP contribution in [0.1, 0.15) is 31.0 Å². The lowest BCUT2D eigenvalue weighted by atomic mass is 10.1. The SMILES string of the molecule is C/C=C/c1ccc(OCC(=O)NC(C)c2ccccc2)c(OC)c1. The lowest BCUT2D eigenvalue weighted by Crippen LogP contribution is -2.31. The van der Waals surface area contributed by atoms with Gasteiger partial charge in [0.25, 0.3) is 5.91 Å². The Morgan fingerprint density at radius 1 is 1.17 bits per heavy atom. The van der Waals surface area contributed by atoms with Crippen molar-refractivity contribution in [2.75, 3.05) is 13.7 Å². The number of methoxy groups -OCH3 is 1. The third kappa shape index (κ3) is 4.88. The van der Waals surface area contributed by atoms with Gasteiger partial charge in [0.2, 0.25) is 0 Å². The second-order valence-corrected chi connectivity index (χ2v) is 5.40. The molecule has 0 radical (unpaired) electrons. The number of nitrogens with one attached hydrogen (secondary N) is 1. The van der Waals surface area contributed by atoms with Crippen molar-refractivity contribution in [2.45, 2.75) is 19.9 Å². The molecule has 0 fully saturated rings. The fourth-order valence-electron chi connectivity index (χ4n) is 2.35. The quantitative estimate of drug-likeness (QED) is 0.837. The first-order valence-electron chi connectivity index (χ1n) is 7.92. The summed E-state index contributed by atoms with van der Waals surface area (Å²) in [6.07, 6.45) is 3.92. The standard InChI is InChI=1S/C20H23NO3/c1-4-8-16-11-12-18(19(13-16)23-3)24-14-20(22)21-15(2)17-9-6-5-7-10-17/h4-13,15H,14H2,1-3H3,(H,21,22)/b8-4+. The molecule has 0 aromatic heterocycles. The summed E-state index contributed by atoms with van der Waals surface area (Å²) in [4.78, 5) is 12.1. The number of carbonyl (C=O) groups is 1. The minimum Gasteiger partial charge on any atom is -0.493 e. The maximum Gasteiger partial charge on any atom is 0.258 e. The molecule has 0 bridgehead atoms. The molecule has 1 unspecified atom stereocenters. The van der Waals surface area contributed by atoms with Gasteiger partial charge >= 0.3 is 0 Å². The summed E-state index contributed by atoms with van der Waals surface area (Å²) in [5, 5.41) is 2.92. The zero-order chi connectivity index (χ0) is 17.4. The average molecular weight is 325 g/mol. The van der Waals surface area contributed by atoms with Crippen LogP contribution in [0, 0.1) is 0 Å². The van der Waals surface area contributed by atoms with Crippen molar-refractivity contribution in [3.63, 3.8) is 0 Å². The molecule has 126 valence electrons. The van der Waals surface area contributed by atoms with Crippen LogP contribution in [0.25, 0.3) is 6.08 Å². The van der Waals surface area contributed by atoms with Crippen molar-refractivity contribution in [1.29, 1.82) is 0 Å². The average Bonchev–Trinajstić information content (AvgIpc) is 2.61. The Morgan fingerprint density at radius 3 is 2.58 bits per heavy atom. The maximum atomic E-state index is 12.1. The summed E-state index contributed by atoms with van der Waals surface area (Å²) in [6.45, 7) is 3.84. The molecule has 0 spiro atoms. The number of allylic oxidation sites excluding steroid dienone is 1. The van der Waals surface area contributed by atoms with E-state index in [1.165, 1.54) is 0 Å². The van der Waals surface area contributed by atoms with Crippen LogP contribution in [0.15, 0.2) is 54.6 Å². The highest BCUT2D eigenvalue weighted by molar-refractivity contribution is 5.78. The van der Waals surface area contributed by atoms with Gasteiger partial charge in [0.1, 0.15) is 0 Å². The van der Waals surface area contributed by atoms with E-state index in [1.54, 1.807) is 7.11 Å². The van der Waals surface area contributed by atoms with Crippen LogP contribution in [-0.4, -0.2) is 19.6 Å². The molecule has 2 rings (SSSR count). The van der Waals surface area contributed by atoms with Crippen LogP contribution in [0.4, 0.5) is 0 Å². The number of amides is 1. The second-order valence-electron chi connectivity index (χ2n) is 5.40. The Morgan fingerprint density at radius 2 is 1.92 bits per heavy atom. The summed E-state index contributed by atoms with van der Waals surface area (Å²) in [5.74, 6) is 0.980. The molecule has 4 heteroatoms. The van der Waals surface area contributed by atoms with E-state index >= 15 is 0 Å². The van der Waals surface area contributed by atoms with Gasteiger partial charge in [-0.25, -0.2) is 0 Å². The van der Waals surface area contributed by atoms with Gasteiger partial charge in [-0.05, 0) is 37.1 Å². The third-order valence-corrected chi connectivity index (χ3v) is 3.58. The summed E-state index contributed by atoms with van der Waals surface area (Å²) < 4.78 is 10.9. The zero-order valence-electron chi connectivity index (χ0n) is 14.3. The summed E-state index contributed by atoms with van der Waals surface area (Å²) in [6, 6.07) is 15.3. The Hall–Kier alpha value is -2.75. The topological polar surface area (TPSA) is 47.6 Å². The molecule has 4 nitrogen and oxygen atoms in total. The summed E-state index contributed by atoms with van der Waals surface area (Å²) in [5.41, 5.74) is 2.07. The van der Waals surface area contributed by atoms with E-state index in [0.717, 1.165) is 11.1 Å². The van der Waals surface area contributed by atoms with Crippen LogP contribution >= 0.6 is 0 Å². The highest BCUT2D eigenvalue weighted by Crippen LogP contribution is 2.28. The Balaban J connectivity index is 1.94. The minimum atomic E-state index is -0.175.